The minimum Gasteiger partial charge on any atom is -0.744 e. The fraction of sp³-hybridized carbons (Fsp3) is 0.471. The number of nitrogens with one attached hydrogen (secondary N) is 1. The average Bonchev–Trinajstić information content (AvgIpc) is 3.63. The monoisotopic (exact) mass is 913 g/mol. The Labute approximate surface area is 385 Å². The Morgan fingerprint density at radius 1 is 1.00 bits per heavy atom. The molecule has 2 bridgehead atoms. The van der Waals surface area contributed by atoms with Crippen LogP contribution in [0.15, 0.2) is 89.8 Å². The van der Waals surface area contributed by atoms with Crippen molar-refractivity contribution in [1.29, 1.82) is 0 Å². The number of anilines is 1. The molecule has 13 nitrogen and oxygen atoms in total. The number of likely N-dealkylation sites (tertiary alicyclic amines) is 1. The largest absolute Gasteiger partial charge is 0.744 e. The molecule has 1 saturated heterocycles. The average molecular weight is 914 g/mol. The molecule has 2 aliphatic heterocycles. The summed E-state index contributed by atoms with van der Waals surface area (Å²) in [6.07, 6.45) is 2.42. The minimum atomic E-state index is -4.27. The number of Topliss-reactive ketones (excluding diaryl/α,β-unsaturated/α-hetero) is 1. The molecule has 0 radical (unpaired) electrons. The van der Waals surface area contributed by atoms with Crippen LogP contribution in [-0.4, -0.2) is 105 Å². The Kier molecular flexibility index (Phi) is 15.8. The van der Waals surface area contributed by atoms with Crippen molar-refractivity contribution in [2.75, 3.05) is 51.9 Å². The standard InChI is InChI=1S/C42H51N3O7.C7H8O3S.2CH4/c1-6-27(2)30-9-11-31(12-10-30)40(48)43-20-23-51-24-21-44(28(3)46)33-14-7-29(8-15-33)26-45(4)22-19-41-37-32-13-16-35(50-5)38(37)52-39(41)34(47)17-18-42(41,49)36(45)25-32;1-6-2-4-7(5-3-6)11(8,9)10;;/h7-16,27,36,39,49H,6,17-26H2,1-5H3;2-5H,1H3,(H,8,9,10);2*1H4/t27?,36-,39+,41+,42-,45?;;;/m1.../s1. The lowest BCUT2D eigenvalue weighted by molar-refractivity contribution is -0.961. The molecule has 6 atom stereocenters. The van der Waals surface area contributed by atoms with Crippen LogP contribution in [0.2, 0.25) is 0 Å². The van der Waals surface area contributed by atoms with Gasteiger partial charge in [0.25, 0.3) is 5.91 Å². The molecule has 2 unspecified atom stereocenters. The number of aryl methyl sites for hydroxylation is 1. The van der Waals surface area contributed by atoms with Crippen molar-refractivity contribution in [2.45, 2.75) is 115 Å². The Hall–Kier alpha value is -5.12. The first-order valence-electron chi connectivity index (χ1n) is 21.8. The van der Waals surface area contributed by atoms with Crippen LogP contribution in [0.4, 0.5) is 5.69 Å². The zero-order chi connectivity index (χ0) is 45.3. The highest BCUT2D eigenvalue weighted by molar-refractivity contribution is 7.85. The lowest BCUT2D eigenvalue weighted by Crippen LogP contribution is -2.80. The van der Waals surface area contributed by atoms with E-state index in [0.29, 0.717) is 86.0 Å². The van der Waals surface area contributed by atoms with Gasteiger partial charge in [-0.05, 0) is 79.3 Å². The number of likely N-dealkylation sites (N-methyl/N-ethyl adjacent to an activating group) is 1. The number of piperidine rings is 1. The summed E-state index contributed by atoms with van der Waals surface area (Å²) in [6.45, 7) is 10.6. The third-order valence-corrected chi connectivity index (χ3v) is 14.8. The lowest BCUT2D eigenvalue weighted by atomic mass is 9.48. The number of nitrogens with zero attached hydrogens (tertiary/aromatic N) is 2. The van der Waals surface area contributed by atoms with Crippen LogP contribution in [0.25, 0.3) is 0 Å². The second-order valence-corrected chi connectivity index (χ2v) is 19.1. The van der Waals surface area contributed by atoms with Gasteiger partial charge in [-0.3, -0.25) is 14.4 Å². The SMILES string of the molecule is C.C.CCC(C)c1ccc(C(=O)NCCOCCN(C(C)=O)c2ccc(C[N+]3(C)CC[C@]45c6c7ccc(OC)c6O[C@H]4C(=O)CC[C@@]5(O)[C@H]3C7)cc2)cc1.Cc1ccc(S(=O)(=O)[O-])cc1. The zero-order valence-electron chi connectivity index (χ0n) is 37.0. The fourth-order valence-electron chi connectivity index (χ4n) is 10.3. The predicted molar refractivity (Wildman–Crippen MR) is 251 cm³/mol. The van der Waals surface area contributed by atoms with Gasteiger partial charge in [0.1, 0.15) is 28.3 Å². The topological polar surface area (TPSA) is 172 Å². The van der Waals surface area contributed by atoms with E-state index in [2.05, 4.69) is 44.4 Å². The van der Waals surface area contributed by atoms with E-state index in [-0.39, 0.29) is 43.4 Å². The van der Waals surface area contributed by atoms with Gasteiger partial charge in [0.05, 0.1) is 44.2 Å². The second kappa shape index (κ2) is 20.2. The highest BCUT2D eigenvalue weighted by Gasteiger charge is 2.76. The quantitative estimate of drug-likeness (QED) is 0.0746. The molecule has 2 fully saturated rings. The molecule has 65 heavy (non-hydrogen) atoms. The molecule has 1 spiro atoms. The highest BCUT2D eigenvalue weighted by atomic mass is 32.2. The number of rotatable bonds is 14. The number of ether oxygens (including phenoxy) is 3. The summed E-state index contributed by atoms with van der Waals surface area (Å²) in [4.78, 5) is 40.1. The molecule has 4 aromatic carbocycles. The van der Waals surface area contributed by atoms with E-state index in [1.54, 1.807) is 31.1 Å². The number of benzene rings is 4. The second-order valence-electron chi connectivity index (χ2n) is 17.7. The van der Waals surface area contributed by atoms with E-state index >= 15 is 0 Å². The zero-order valence-corrected chi connectivity index (χ0v) is 37.8. The number of hydrogen-bond donors (Lipinski definition) is 2. The van der Waals surface area contributed by atoms with E-state index in [1.807, 2.05) is 49.4 Å². The Morgan fingerprint density at radius 2 is 1.68 bits per heavy atom. The number of carbonyl (C=O) groups is 3. The number of aliphatic hydroxyl groups is 1. The van der Waals surface area contributed by atoms with Crippen molar-refractivity contribution in [1.82, 2.24) is 5.32 Å². The lowest BCUT2D eigenvalue weighted by Gasteiger charge is -2.64. The number of methoxy groups -OCH3 is 1. The molecule has 352 valence electrons. The Bertz CT molecular complexity index is 2440. The number of carbonyl (C=O) groups excluding carboxylic acids is 3. The normalized spacial score (nSPS) is 23.8. The predicted octanol–water partition coefficient (Wildman–Crippen LogP) is 7.25. The molecule has 4 aliphatic rings. The maximum absolute atomic E-state index is 13.3. The summed E-state index contributed by atoms with van der Waals surface area (Å²) < 4.78 is 49.7. The van der Waals surface area contributed by atoms with Crippen LogP contribution in [0, 0.1) is 6.92 Å². The maximum Gasteiger partial charge on any atom is 0.251 e. The Balaban J connectivity index is 0.000000537. The summed E-state index contributed by atoms with van der Waals surface area (Å²) in [7, 11) is -0.427. The van der Waals surface area contributed by atoms with Gasteiger partial charge < -0.3 is 38.6 Å². The number of hydrogen-bond acceptors (Lipinski definition) is 10. The van der Waals surface area contributed by atoms with Crippen molar-refractivity contribution < 1.29 is 51.2 Å². The molecule has 2 amide bonds. The van der Waals surface area contributed by atoms with Crippen molar-refractivity contribution in [3.63, 3.8) is 0 Å². The van der Waals surface area contributed by atoms with Gasteiger partial charge in [-0.25, -0.2) is 8.42 Å². The number of ketones is 1. The van der Waals surface area contributed by atoms with Crippen molar-refractivity contribution in [3.05, 3.63) is 118 Å². The van der Waals surface area contributed by atoms with Gasteiger partial charge >= 0.3 is 0 Å². The Morgan fingerprint density at radius 3 is 2.29 bits per heavy atom. The van der Waals surface area contributed by atoms with Gasteiger partial charge in [0.15, 0.2) is 23.4 Å². The van der Waals surface area contributed by atoms with Gasteiger partial charge in [0.2, 0.25) is 5.91 Å². The van der Waals surface area contributed by atoms with Crippen LogP contribution < -0.4 is 19.7 Å². The van der Waals surface area contributed by atoms with Crippen molar-refractivity contribution in [2.24, 2.45) is 0 Å². The van der Waals surface area contributed by atoms with Gasteiger partial charge in [-0.15, -0.1) is 0 Å². The summed E-state index contributed by atoms with van der Waals surface area (Å²) in [6, 6.07) is 25.5. The molecule has 0 aromatic heterocycles. The van der Waals surface area contributed by atoms with Crippen LogP contribution in [0.1, 0.15) is 105 Å². The van der Waals surface area contributed by atoms with E-state index in [1.165, 1.54) is 17.7 Å². The fourth-order valence-corrected chi connectivity index (χ4v) is 10.8. The van der Waals surface area contributed by atoms with Crippen LogP contribution in [-0.2, 0) is 42.8 Å². The van der Waals surface area contributed by atoms with Crippen LogP contribution >= 0.6 is 0 Å². The van der Waals surface area contributed by atoms with E-state index < -0.39 is 27.2 Å². The first kappa shape index (κ1) is 50.9. The molecular weight excluding hydrogens is 847 g/mol. The van der Waals surface area contributed by atoms with Crippen LogP contribution in [0.5, 0.6) is 11.5 Å². The van der Waals surface area contributed by atoms with Gasteiger partial charge in [-0.2, -0.15) is 0 Å². The van der Waals surface area contributed by atoms with Gasteiger partial charge in [0, 0.05) is 61.7 Å². The molecule has 2 N–H and O–H groups in total. The summed E-state index contributed by atoms with van der Waals surface area (Å²) in [5.41, 5.74) is 4.95. The molecule has 1 saturated carbocycles. The molecule has 4 aromatic rings. The third kappa shape index (κ3) is 9.74. The smallest absolute Gasteiger partial charge is 0.251 e. The van der Waals surface area contributed by atoms with E-state index in [0.717, 1.165) is 40.9 Å². The first-order chi connectivity index (χ1) is 30.0. The third-order valence-electron chi connectivity index (χ3n) is 13.9. The molecule has 2 heterocycles. The van der Waals surface area contributed by atoms with Crippen LogP contribution in [0.3, 0.4) is 0 Å². The number of quaternary nitrogens is 1. The van der Waals surface area contributed by atoms with Crippen molar-refractivity contribution >= 4 is 33.4 Å². The van der Waals surface area contributed by atoms with E-state index in [4.69, 9.17) is 14.2 Å². The summed E-state index contributed by atoms with van der Waals surface area (Å²) in [5, 5.41) is 15.7. The molecule has 14 heteroatoms. The first-order valence-corrected chi connectivity index (χ1v) is 23.2. The van der Waals surface area contributed by atoms with Crippen molar-refractivity contribution in [3.8, 4) is 11.5 Å². The number of amides is 2. The summed E-state index contributed by atoms with van der Waals surface area (Å²) >= 11 is 0. The summed E-state index contributed by atoms with van der Waals surface area (Å²) in [5.74, 6) is 1.57. The maximum atomic E-state index is 13.3. The van der Waals surface area contributed by atoms with Gasteiger partial charge in [-0.1, -0.05) is 76.7 Å². The molecule has 2 aliphatic carbocycles. The minimum absolute atomic E-state index is 0. The highest BCUT2D eigenvalue weighted by Crippen LogP contribution is 2.66. The molecular formula is C51H67N3O10S. The van der Waals surface area contributed by atoms with E-state index in [9.17, 15) is 32.5 Å². The molecule has 8 rings (SSSR count).